The van der Waals surface area contributed by atoms with Gasteiger partial charge in [0.05, 0.1) is 5.57 Å². The van der Waals surface area contributed by atoms with E-state index in [1.165, 1.54) is 6.08 Å². The van der Waals surface area contributed by atoms with E-state index >= 15 is 0 Å². The summed E-state index contributed by atoms with van der Waals surface area (Å²) in [5.74, 6) is -6.50. The molecule has 3 N–H and O–H groups in total. The van der Waals surface area contributed by atoms with Gasteiger partial charge in [-0.25, -0.2) is 9.59 Å². The second-order valence-electron chi connectivity index (χ2n) is 4.30. The van der Waals surface area contributed by atoms with Gasteiger partial charge in [-0.3, -0.25) is 4.79 Å². The minimum Gasteiger partial charge on any atom is -0.481 e. The molecule has 1 aromatic carbocycles. The maximum Gasteiger partial charge on any atom is 0.332 e. The molecule has 0 saturated carbocycles. The van der Waals surface area contributed by atoms with Gasteiger partial charge < -0.3 is 15.3 Å². The standard InChI is InChI=1S/C16H14O6/c1-10(14(17)18)13(16(21)22)12(15(19)20)9-5-8-11-6-3-2-4-7-11/h2-9,13H,1H2,(H,17,18)(H,19,20)(H,21,22)/b8-5+,12-9-. The fraction of sp³-hybridized carbons (Fsp3) is 0.0625. The second kappa shape index (κ2) is 7.58. The summed E-state index contributed by atoms with van der Waals surface area (Å²) in [5.41, 5.74) is -0.506. The van der Waals surface area contributed by atoms with Crippen molar-refractivity contribution >= 4 is 24.0 Å². The van der Waals surface area contributed by atoms with E-state index in [0.717, 1.165) is 11.6 Å². The van der Waals surface area contributed by atoms with E-state index in [2.05, 4.69) is 6.58 Å². The van der Waals surface area contributed by atoms with Crippen LogP contribution in [0.15, 0.2) is 60.2 Å². The molecular formula is C16H14O6. The lowest BCUT2D eigenvalue weighted by Crippen LogP contribution is -2.26. The zero-order valence-corrected chi connectivity index (χ0v) is 11.5. The third-order valence-electron chi connectivity index (χ3n) is 2.79. The predicted molar refractivity (Wildman–Crippen MR) is 79.1 cm³/mol. The maximum absolute atomic E-state index is 11.2. The van der Waals surface area contributed by atoms with Gasteiger partial charge in [-0.2, -0.15) is 0 Å². The van der Waals surface area contributed by atoms with E-state index in [-0.39, 0.29) is 0 Å². The Hall–Kier alpha value is -3.15. The highest BCUT2D eigenvalue weighted by Crippen LogP contribution is 2.21. The van der Waals surface area contributed by atoms with Gasteiger partial charge in [0.1, 0.15) is 5.92 Å². The van der Waals surface area contributed by atoms with Crippen LogP contribution in [0.5, 0.6) is 0 Å². The lowest BCUT2D eigenvalue weighted by molar-refractivity contribution is -0.144. The molecule has 0 heterocycles. The van der Waals surface area contributed by atoms with Crippen molar-refractivity contribution in [3.05, 3.63) is 65.8 Å². The van der Waals surface area contributed by atoms with Crippen LogP contribution >= 0.6 is 0 Å². The van der Waals surface area contributed by atoms with E-state index < -0.39 is 35.0 Å². The molecule has 6 nitrogen and oxygen atoms in total. The Morgan fingerprint density at radius 2 is 1.59 bits per heavy atom. The number of carboxylic acid groups (broad SMARTS) is 3. The van der Waals surface area contributed by atoms with Crippen molar-refractivity contribution in [2.24, 2.45) is 5.92 Å². The van der Waals surface area contributed by atoms with Gasteiger partial charge in [0.2, 0.25) is 0 Å². The number of benzene rings is 1. The summed E-state index contributed by atoms with van der Waals surface area (Å²) < 4.78 is 0. The number of hydrogen-bond donors (Lipinski definition) is 3. The van der Waals surface area contributed by atoms with Gasteiger partial charge in [-0.15, -0.1) is 0 Å². The molecular weight excluding hydrogens is 288 g/mol. The van der Waals surface area contributed by atoms with Crippen molar-refractivity contribution < 1.29 is 29.7 Å². The molecule has 6 heteroatoms. The van der Waals surface area contributed by atoms with Gasteiger partial charge in [0, 0.05) is 5.57 Å². The number of carbonyl (C=O) groups is 3. The van der Waals surface area contributed by atoms with Crippen LogP contribution < -0.4 is 0 Å². The largest absolute Gasteiger partial charge is 0.481 e. The summed E-state index contributed by atoms with van der Waals surface area (Å²) in [5, 5.41) is 27.0. The van der Waals surface area contributed by atoms with Crippen LogP contribution in [-0.4, -0.2) is 33.2 Å². The molecule has 0 radical (unpaired) electrons. The Morgan fingerprint density at radius 3 is 2.05 bits per heavy atom. The molecule has 0 aliphatic rings. The number of carboxylic acids is 3. The third kappa shape index (κ3) is 4.45. The summed E-state index contributed by atoms with van der Waals surface area (Å²) in [6, 6.07) is 8.93. The lowest BCUT2D eigenvalue weighted by Gasteiger charge is -2.12. The zero-order valence-electron chi connectivity index (χ0n) is 11.5. The first-order valence-corrected chi connectivity index (χ1v) is 6.16. The summed E-state index contributed by atoms with van der Waals surface area (Å²) in [6.45, 7) is 3.14. The van der Waals surface area contributed by atoms with Crippen LogP contribution in [0, 0.1) is 5.92 Å². The Balaban J connectivity index is 3.15. The van der Waals surface area contributed by atoms with Gasteiger partial charge >= 0.3 is 17.9 Å². The van der Waals surface area contributed by atoms with E-state index in [4.69, 9.17) is 15.3 Å². The van der Waals surface area contributed by atoms with Gasteiger partial charge in [0.15, 0.2) is 0 Å². The highest BCUT2D eigenvalue weighted by atomic mass is 16.4. The van der Waals surface area contributed by atoms with Crippen LogP contribution in [0.3, 0.4) is 0 Å². The van der Waals surface area contributed by atoms with Gasteiger partial charge in [-0.1, -0.05) is 55.1 Å². The van der Waals surface area contributed by atoms with E-state index in [0.29, 0.717) is 0 Å². The molecule has 22 heavy (non-hydrogen) atoms. The predicted octanol–water partition coefficient (Wildman–Crippen LogP) is 2.05. The van der Waals surface area contributed by atoms with Crippen molar-refractivity contribution in [2.45, 2.75) is 0 Å². The summed E-state index contributed by atoms with van der Waals surface area (Å²) in [7, 11) is 0. The third-order valence-corrected chi connectivity index (χ3v) is 2.79. The van der Waals surface area contributed by atoms with Crippen LogP contribution in [0.25, 0.3) is 6.08 Å². The molecule has 0 aromatic heterocycles. The fourth-order valence-corrected chi connectivity index (χ4v) is 1.71. The topological polar surface area (TPSA) is 112 Å². The average molecular weight is 302 g/mol. The highest BCUT2D eigenvalue weighted by Gasteiger charge is 2.32. The van der Waals surface area contributed by atoms with E-state index in [1.54, 1.807) is 30.3 Å². The van der Waals surface area contributed by atoms with Crippen molar-refractivity contribution in [3.8, 4) is 0 Å². The Labute approximate surface area is 126 Å². The molecule has 0 aliphatic heterocycles. The Bertz CT molecular complexity index is 654. The van der Waals surface area contributed by atoms with Crippen LogP contribution in [0.4, 0.5) is 0 Å². The quantitative estimate of drug-likeness (QED) is 0.525. The molecule has 114 valence electrons. The molecule has 0 fully saturated rings. The van der Waals surface area contributed by atoms with E-state index in [1.807, 2.05) is 6.07 Å². The van der Waals surface area contributed by atoms with Crippen molar-refractivity contribution in [1.29, 1.82) is 0 Å². The summed E-state index contributed by atoms with van der Waals surface area (Å²) >= 11 is 0. The summed E-state index contributed by atoms with van der Waals surface area (Å²) in [4.78, 5) is 33.3. The first kappa shape index (κ1) is 16.9. The molecule has 1 aromatic rings. The number of rotatable bonds is 7. The molecule has 0 spiro atoms. The summed E-state index contributed by atoms with van der Waals surface area (Å²) in [6.07, 6.45) is 3.98. The molecule has 1 atom stereocenters. The number of allylic oxidation sites excluding steroid dienone is 2. The maximum atomic E-state index is 11.2. The number of aliphatic carboxylic acids is 3. The van der Waals surface area contributed by atoms with E-state index in [9.17, 15) is 14.4 Å². The Morgan fingerprint density at radius 1 is 1.00 bits per heavy atom. The second-order valence-corrected chi connectivity index (χ2v) is 4.30. The minimum absolute atomic E-state index is 0.577. The van der Waals surface area contributed by atoms with Crippen molar-refractivity contribution in [3.63, 3.8) is 0 Å². The molecule has 0 amide bonds. The molecule has 0 bridgehead atoms. The zero-order chi connectivity index (χ0) is 16.7. The Kier molecular flexibility index (Phi) is 5.83. The fourth-order valence-electron chi connectivity index (χ4n) is 1.71. The van der Waals surface area contributed by atoms with Crippen LogP contribution in [0.2, 0.25) is 0 Å². The first-order chi connectivity index (χ1) is 10.3. The van der Waals surface area contributed by atoms with Gasteiger partial charge in [-0.05, 0) is 5.56 Å². The van der Waals surface area contributed by atoms with Gasteiger partial charge in [0.25, 0.3) is 0 Å². The first-order valence-electron chi connectivity index (χ1n) is 6.16. The normalized spacial score (nSPS) is 12.8. The lowest BCUT2D eigenvalue weighted by atomic mass is 9.91. The average Bonchev–Trinajstić information content (AvgIpc) is 2.46. The molecule has 0 aliphatic carbocycles. The van der Waals surface area contributed by atoms with Crippen molar-refractivity contribution in [1.82, 2.24) is 0 Å². The van der Waals surface area contributed by atoms with Crippen LogP contribution in [0.1, 0.15) is 5.56 Å². The van der Waals surface area contributed by atoms with Crippen molar-refractivity contribution in [2.75, 3.05) is 0 Å². The highest BCUT2D eigenvalue weighted by molar-refractivity contribution is 6.02. The monoisotopic (exact) mass is 302 g/mol. The molecule has 1 unspecified atom stereocenters. The number of hydrogen-bond acceptors (Lipinski definition) is 3. The molecule has 0 saturated heterocycles. The SMILES string of the molecule is C=C(C(=O)O)C(C(=O)O)/C(=C/C=C/c1ccccc1)C(=O)O. The molecule has 1 rings (SSSR count). The minimum atomic E-state index is -1.82. The van der Waals surface area contributed by atoms with Crippen LogP contribution in [-0.2, 0) is 14.4 Å². The smallest absolute Gasteiger partial charge is 0.332 e.